The third-order valence-corrected chi connectivity index (χ3v) is 5.29. The van der Waals surface area contributed by atoms with Crippen molar-refractivity contribution >= 4 is 22.9 Å². The maximum absolute atomic E-state index is 14.6. The number of carbonyl (C=O) groups excluding carboxylic acids is 1. The lowest BCUT2D eigenvalue weighted by Gasteiger charge is -2.29. The van der Waals surface area contributed by atoms with Gasteiger partial charge in [0.05, 0.1) is 17.1 Å². The number of carbonyl (C=O) groups is 1. The molecule has 1 saturated heterocycles. The molecule has 1 N–H and O–H groups in total. The van der Waals surface area contributed by atoms with Crippen LogP contribution in [0.4, 0.5) is 10.1 Å². The van der Waals surface area contributed by atoms with Gasteiger partial charge in [-0.3, -0.25) is 9.36 Å². The Labute approximate surface area is 180 Å². The van der Waals surface area contributed by atoms with Crippen molar-refractivity contribution in [2.45, 2.75) is 27.2 Å². The molecule has 0 aliphatic carbocycles. The first-order valence-electron chi connectivity index (χ1n) is 10.6. The van der Waals surface area contributed by atoms with Gasteiger partial charge < -0.3 is 14.6 Å². The minimum Gasteiger partial charge on any atom is -0.368 e. The minimum absolute atomic E-state index is 0.126. The molecule has 1 aliphatic heterocycles. The summed E-state index contributed by atoms with van der Waals surface area (Å²) in [6, 6.07) is 5.27. The standard InChI is InChI=1S/C23H27FN6O/c1-4-5-21(18-12-20(24)23-26-16(2)13-29(23)14-18)27-22-7-6-19(15-30(22)17(3)31)28-10-8-25-9-11-28/h5-7,12-15,25H,4,8-11H2,1-3H3/b21-5+,27-22?. The number of hydrogen-bond donors (Lipinski definition) is 1. The number of piperazine rings is 1. The zero-order valence-electron chi connectivity index (χ0n) is 18.1. The SMILES string of the molecule is CC/C=C(/N=c1ccc(N2CCNCC2)cn1C(C)=O)c1cc(F)c2nc(C)cn2c1. The molecule has 1 aliphatic rings. The average Bonchev–Trinajstić information content (AvgIpc) is 3.15. The molecule has 8 heteroatoms. The largest absolute Gasteiger partial charge is 0.368 e. The molecule has 1 fully saturated rings. The molecule has 31 heavy (non-hydrogen) atoms. The monoisotopic (exact) mass is 422 g/mol. The predicted octanol–water partition coefficient (Wildman–Crippen LogP) is 3.00. The molecule has 0 radical (unpaired) electrons. The third kappa shape index (κ3) is 4.44. The molecule has 4 heterocycles. The highest BCUT2D eigenvalue weighted by molar-refractivity contribution is 5.77. The maximum atomic E-state index is 14.6. The Kier molecular flexibility index (Phi) is 5.99. The number of anilines is 1. The molecule has 0 saturated carbocycles. The van der Waals surface area contributed by atoms with Gasteiger partial charge in [0.25, 0.3) is 0 Å². The van der Waals surface area contributed by atoms with Gasteiger partial charge in [-0.05, 0) is 31.5 Å². The number of nitrogens with zero attached hydrogens (tertiary/aromatic N) is 5. The van der Waals surface area contributed by atoms with Crippen LogP contribution in [0.1, 0.15) is 36.3 Å². The number of hydrogen-bond acceptors (Lipinski definition) is 5. The topological polar surface area (TPSA) is 66.9 Å². The van der Waals surface area contributed by atoms with Gasteiger partial charge in [0.15, 0.2) is 11.5 Å². The van der Waals surface area contributed by atoms with Crippen LogP contribution in [0.15, 0.2) is 47.9 Å². The van der Waals surface area contributed by atoms with Gasteiger partial charge in [0, 0.05) is 57.3 Å². The molecule has 3 aromatic heterocycles. The Bertz CT molecular complexity index is 1220. The smallest absolute Gasteiger partial charge is 0.229 e. The number of nitrogens with one attached hydrogen (secondary N) is 1. The summed E-state index contributed by atoms with van der Waals surface area (Å²) in [5, 5.41) is 3.33. The normalized spacial score (nSPS) is 15.7. The first-order chi connectivity index (χ1) is 15.0. The van der Waals surface area contributed by atoms with Crippen molar-refractivity contribution in [3.05, 3.63) is 65.4 Å². The second kappa shape index (κ2) is 8.85. The Morgan fingerprint density at radius 3 is 2.74 bits per heavy atom. The van der Waals surface area contributed by atoms with E-state index in [-0.39, 0.29) is 11.6 Å². The van der Waals surface area contributed by atoms with Crippen LogP contribution in [0.2, 0.25) is 0 Å². The summed E-state index contributed by atoms with van der Waals surface area (Å²) in [6.45, 7) is 8.95. The lowest BCUT2D eigenvalue weighted by Crippen LogP contribution is -2.44. The van der Waals surface area contributed by atoms with Crippen LogP contribution in [-0.4, -0.2) is 46.0 Å². The van der Waals surface area contributed by atoms with Gasteiger partial charge in [0.1, 0.15) is 5.49 Å². The Hall–Kier alpha value is -3.26. The van der Waals surface area contributed by atoms with Crippen molar-refractivity contribution in [1.29, 1.82) is 0 Å². The number of fused-ring (bicyclic) bond motifs is 1. The van der Waals surface area contributed by atoms with Gasteiger partial charge in [-0.1, -0.05) is 13.0 Å². The summed E-state index contributed by atoms with van der Waals surface area (Å²) < 4.78 is 17.9. The van der Waals surface area contributed by atoms with E-state index in [1.54, 1.807) is 15.2 Å². The number of imidazole rings is 1. The van der Waals surface area contributed by atoms with Gasteiger partial charge >= 0.3 is 0 Å². The van der Waals surface area contributed by atoms with Gasteiger partial charge in [0.2, 0.25) is 5.91 Å². The van der Waals surface area contributed by atoms with E-state index in [2.05, 4.69) is 15.2 Å². The zero-order valence-corrected chi connectivity index (χ0v) is 18.1. The molecule has 0 atom stereocenters. The van der Waals surface area contributed by atoms with E-state index in [1.165, 1.54) is 13.0 Å². The van der Waals surface area contributed by atoms with E-state index in [4.69, 9.17) is 4.99 Å². The van der Waals surface area contributed by atoms with Crippen molar-refractivity contribution in [2.24, 2.45) is 4.99 Å². The van der Waals surface area contributed by atoms with Gasteiger partial charge in [-0.15, -0.1) is 0 Å². The van der Waals surface area contributed by atoms with E-state index in [0.29, 0.717) is 16.7 Å². The fourth-order valence-electron chi connectivity index (χ4n) is 3.80. The van der Waals surface area contributed by atoms with Gasteiger partial charge in [-0.2, -0.15) is 0 Å². The summed E-state index contributed by atoms with van der Waals surface area (Å²) in [7, 11) is 0. The molecule has 4 rings (SSSR count). The number of allylic oxidation sites excluding steroid dienone is 1. The van der Waals surface area contributed by atoms with Crippen molar-refractivity contribution in [3.63, 3.8) is 0 Å². The lowest BCUT2D eigenvalue weighted by atomic mass is 10.2. The van der Waals surface area contributed by atoms with Crippen LogP contribution in [0.3, 0.4) is 0 Å². The molecule has 0 bridgehead atoms. The van der Waals surface area contributed by atoms with E-state index < -0.39 is 5.82 Å². The molecule has 0 aromatic carbocycles. The molecule has 3 aromatic rings. The lowest BCUT2D eigenvalue weighted by molar-refractivity contribution is 0.0931. The second-order valence-electron chi connectivity index (χ2n) is 7.67. The molecule has 0 spiro atoms. The van der Waals surface area contributed by atoms with Crippen LogP contribution < -0.4 is 15.7 Å². The van der Waals surface area contributed by atoms with Crippen molar-refractivity contribution < 1.29 is 9.18 Å². The summed E-state index contributed by atoms with van der Waals surface area (Å²) >= 11 is 0. The molecular weight excluding hydrogens is 395 g/mol. The van der Waals surface area contributed by atoms with Crippen molar-refractivity contribution in [2.75, 3.05) is 31.1 Å². The summed E-state index contributed by atoms with van der Waals surface area (Å²) in [4.78, 5) is 23.6. The third-order valence-electron chi connectivity index (χ3n) is 5.29. The van der Waals surface area contributed by atoms with Crippen LogP contribution >= 0.6 is 0 Å². The maximum Gasteiger partial charge on any atom is 0.229 e. The highest BCUT2D eigenvalue weighted by atomic mass is 19.1. The summed E-state index contributed by atoms with van der Waals surface area (Å²) in [5.74, 6) is -0.533. The summed E-state index contributed by atoms with van der Waals surface area (Å²) in [5.41, 5.74) is 3.76. The predicted molar refractivity (Wildman–Crippen MR) is 120 cm³/mol. The highest BCUT2D eigenvalue weighted by Crippen LogP contribution is 2.21. The average molecular weight is 423 g/mol. The first kappa shape index (κ1) is 21.0. The molecule has 0 unspecified atom stereocenters. The quantitative estimate of drug-likeness (QED) is 0.702. The first-order valence-corrected chi connectivity index (χ1v) is 10.6. The fraction of sp³-hybridized carbons (Fsp3) is 0.348. The molecule has 162 valence electrons. The second-order valence-corrected chi connectivity index (χ2v) is 7.67. The number of halogens is 1. The Balaban J connectivity index is 1.80. The zero-order chi connectivity index (χ0) is 22.0. The molecule has 7 nitrogen and oxygen atoms in total. The Morgan fingerprint density at radius 2 is 2.03 bits per heavy atom. The fourth-order valence-corrected chi connectivity index (χ4v) is 3.80. The van der Waals surface area contributed by atoms with Crippen LogP contribution in [0, 0.1) is 12.7 Å². The van der Waals surface area contributed by atoms with Crippen LogP contribution in [0.5, 0.6) is 0 Å². The number of rotatable bonds is 4. The van der Waals surface area contributed by atoms with Crippen molar-refractivity contribution in [3.8, 4) is 0 Å². The number of pyridine rings is 2. The molecular formula is C23H27FN6O. The number of aromatic nitrogens is 3. The minimum atomic E-state index is -0.406. The van der Waals surface area contributed by atoms with E-state index in [9.17, 15) is 9.18 Å². The van der Waals surface area contributed by atoms with Gasteiger partial charge in [-0.25, -0.2) is 14.4 Å². The van der Waals surface area contributed by atoms with Crippen LogP contribution in [0.25, 0.3) is 11.3 Å². The van der Waals surface area contributed by atoms with E-state index in [1.807, 2.05) is 44.4 Å². The number of aryl methyl sites for hydroxylation is 1. The van der Waals surface area contributed by atoms with Crippen LogP contribution in [-0.2, 0) is 0 Å². The Morgan fingerprint density at radius 1 is 1.26 bits per heavy atom. The van der Waals surface area contributed by atoms with Crippen molar-refractivity contribution in [1.82, 2.24) is 19.3 Å². The molecule has 0 amide bonds. The highest BCUT2D eigenvalue weighted by Gasteiger charge is 2.13. The summed E-state index contributed by atoms with van der Waals surface area (Å²) in [6.07, 6.45) is 8.08. The van der Waals surface area contributed by atoms with E-state index >= 15 is 0 Å². The van der Waals surface area contributed by atoms with E-state index in [0.717, 1.165) is 44.0 Å².